The van der Waals surface area contributed by atoms with Crippen LogP contribution in [0.4, 0.5) is 0 Å². The molecular formula is C22H21N3O4. The summed E-state index contributed by atoms with van der Waals surface area (Å²) in [6.45, 7) is 4.86. The van der Waals surface area contributed by atoms with E-state index in [4.69, 9.17) is 4.42 Å². The zero-order valence-electron chi connectivity index (χ0n) is 16.3. The minimum atomic E-state index is -0.398. The van der Waals surface area contributed by atoms with Gasteiger partial charge in [0.25, 0.3) is 5.91 Å². The van der Waals surface area contributed by atoms with Crippen LogP contribution in [0.3, 0.4) is 0 Å². The summed E-state index contributed by atoms with van der Waals surface area (Å²) in [5.74, 6) is -0.955. The second kappa shape index (κ2) is 7.50. The Kier molecular flexibility index (Phi) is 4.88. The highest BCUT2D eigenvalue weighted by Gasteiger charge is 2.39. The molecule has 0 radical (unpaired) electrons. The van der Waals surface area contributed by atoms with E-state index in [1.165, 1.54) is 0 Å². The van der Waals surface area contributed by atoms with Gasteiger partial charge in [0, 0.05) is 42.5 Å². The third-order valence-corrected chi connectivity index (χ3v) is 4.97. The predicted octanol–water partition coefficient (Wildman–Crippen LogP) is 3.20. The van der Waals surface area contributed by atoms with Crippen molar-refractivity contribution >= 4 is 17.5 Å². The number of aromatic nitrogens is 2. The van der Waals surface area contributed by atoms with E-state index >= 15 is 0 Å². The van der Waals surface area contributed by atoms with Gasteiger partial charge in [-0.05, 0) is 6.42 Å². The van der Waals surface area contributed by atoms with Gasteiger partial charge in [0.1, 0.15) is 5.76 Å². The SMILES string of the molecule is CC(C)c1oc2c(c1C(=O)NCCCn1ccnc1)C(=O)c1ccccc1C2=O. The number of rotatable bonds is 6. The van der Waals surface area contributed by atoms with Gasteiger partial charge in [-0.1, -0.05) is 38.1 Å². The van der Waals surface area contributed by atoms with E-state index < -0.39 is 5.91 Å². The van der Waals surface area contributed by atoms with Crippen molar-refractivity contribution in [1.82, 2.24) is 14.9 Å². The monoisotopic (exact) mass is 391 g/mol. The number of benzene rings is 1. The number of furan rings is 1. The fraction of sp³-hybridized carbons (Fsp3) is 0.273. The van der Waals surface area contributed by atoms with Crippen LogP contribution in [0.25, 0.3) is 0 Å². The van der Waals surface area contributed by atoms with Gasteiger partial charge in [-0.15, -0.1) is 0 Å². The van der Waals surface area contributed by atoms with Crippen molar-refractivity contribution < 1.29 is 18.8 Å². The molecular weight excluding hydrogens is 370 g/mol. The van der Waals surface area contributed by atoms with Crippen molar-refractivity contribution in [3.63, 3.8) is 0 Å². The lowest BCUT2D eigenvalue weighted by atomic mass is 9.85. The Bertz CT molecular complexity index is 1090. The molecule has 1 amide bonds. The average molecular weight is 391 g/mol. The molecule has 0 saturated heterocycles. The Hall–Kier alpha value is -3.48. The van der Waals surface area contributed by atoms with E-state index in [1.54, 1.807) is 36.8 Å². The second-order valence-electron chi connectivity index (χ2n) is 7.31. The lowest BCUT2D eigenvalue weighted by Crippen LogP contribution is -2.29. The Morgan fingerprint density at radius 2 is 1.90 bits per heavy atom. The minimum absolute atomic E-state index is 0.0408. The number of carbonyl (C=O) groups is 3. The van der Waals surface area contributed by atoms with Crippen molar-refractivity contribution in [2.24, 2.45) is 0 Å². The topological polar surface area (TPSA) is 94.2 Å². The molecule has 0 unspecified atom stereocenters. The number of amides is 1. The minimum Gasteiger partial charge on any atom is -0.456 e. The van der Waals surface area contributed by atoms with Crippen LogP contribution in [0, 0.1) is 0 Å². The summed E-state index contributed by atoms with van der Waals surface area (Å²) < 4.78 is 7.70. The molecule has 0 fully saturated rings. The van der Waals surface area contributed by atoms with Crippen LogP contribution in [-0.2, 0) is 6.54 Å². The molecule has 0 bridgehead atoms. The Balaban J connectivity index is 1.63. The van der Waals surface area contributed by atoms with Crippen molar-refractivity contribution in [3.05, 3.63) is 76.8 Å². The van der Waals surface area contributed by atoms with Crippen LogP contribution in [0.1, 0.15) is 74.3 Å². The fourth-order valence-corrected chi connectivity index (χ4v) is 3.56. The van der Waals surface area contributed by atoms with E-state index in [-0.39, 0.29) is 34.4 Å². The number of aryl methyl sites for hydroxylation is 1. The second-order valence-corrected chi connectivity index (χ2v) is 7.31. The molecule has 1 aliphatic rings. The van der Waals surface area contributed by atoms with E-state index in [2.05, 4.69) is 10.3 Å². The fourth-order valence-electron chi connectivity index (χ4n) is 3.56. The number of nitrogens with zero attached hydrogens (tertiary/aromatic N) is 2. The zero-order chi connectivity index (χ0) is 20.5. The van der Waals surface area contributed by atoms with Crippen LogP contribution in [0.2, 0.25) is 0 Å². The summed E-state index contributed by atoms with van der Waals surface area (Å²) in [5, 5.41) is 2.86. The molecule has 29 heavy (non-hydrogen) atoms. The Morgan fingerprint density at radius 3 is 2.55 bits per heavy atom. The number of ketones is 2. The predicted molar refractivity (Wildman–Crippen MR) is 105 cm³/mol. The van der Waals surface area contributed by atoms with Crippen LogP contribution in [0.5, 0.6) is 0 Å². The quantitative estimate of drug-likeness (QED) is 0.510. The highest BCUT2D eigenvalue weighted by atomic mass is 16.4. The standard InChI is InChI=1S/C22H21N3O4/c1-13(2)20-17(22(28)24-8-5-10-25-11-9-23-12-25)16-18(26)14-6-3-4-7-15(14)19(27)21(16)29-20/h3-4,6-7,9,11-13H,5,8,10H2,1-2H3,(H,24,28). The highest BCUT2D eigenvalue weighted by Crippen LogP contribution is 2.36. The molecule has 0 spiro atoms. The third-order valence-electron chi connectivity index (χ3n) is 4.97. The first-order chi connectivity index (χ1) is 14.0. The van der Waals surface area contributed by atoms with Crippen molar-refractivity contribution in [2.75, 3.05) is 6.54 Å². The van der Waals surface area contributed by atoms with Crippen molar-refractivity contribution in [1.29, 1.82) is 0 Å². The summed E-state index contributed by atoms with van der Waals surface area (Å²) in [4.78, 5) is 42.9. The van der Waals surface area contributed by atoms with Crippen molar-refractivity contribution in [2.45, 2.75) is 32.7 Å². The van der Waals surface area contributed by atoms with Crippen molar-refractivity contribution in [3.8, 4) is 0 Å². The number of nitrogens with one attached hydrogen (secondary N) is 1. The summed E-state index contributed by atoms with van der Waals surface area (Å²) in [6.07, 6.45) is 5.97. The van der Waals surface area contributed by atoms with Crippen LogP contribution >= 0.6 is 0 Å². The molecule has 4 rings (SSSR count). The lowest BCUT2D eigenvalue weighted by molar-refractivity contribution is 0.0937. The van der Waals surface area contributed by atoms with Crippen LogP contribution < -0.4 is 5.32 Å². The normalized spacial score (nSPS) is 12.8. The van der Waals surface area contributed by atoms with Crippen LogP contribution in [-0.4, -0.2) is 33.6 Å². The lowest BCUT2D eigenvalue weighted by Gasteiger charge is -2.14. The van der Waals surface area contributed by atoms with Crippen LogP contribution in [0.15, 0.2) is 47.4 Å². The third kappa shape index (κ3) is 3.29. The molecule has 148 valence electrons. The first-order valence-corrected chi connectivity index (χ1v) is 9.58. The van der Waals surface area contributed by atoms with E-state index in [0.717, 1.165) is 0 Å². The van der Waals surface area contributed by atoms with E-state index in [0.29, 0.717) is 36.4 Å². The summed E-state index contributed by atoms with van der Waals surface area (Å²) in [6, 6.07) is 6.61. The summed E-state index contributed by atoms with van der Waals surface area (Å²) >= 11 is 0. The smallest absolute Gasteiger partial charge is 0.255 e. The Morgan fingerprint density at radius 1 is 1.17 bits per heavy atom. The maximum atomic E-state index is 13.1. The molecule has 1 N–H and O–H groups in total. The van der Waals surface area contributed by atoms with Gasteiger partial charge in [0.05, 0.1) is 17.5 Å². The number of hydrogen-bond acceptors (Lipinski definition) is 5. The van der Waals surface area contributed by atoms with Gasteiger partial charge in [0.15, 0.2) is 11.5 Å². The number of hydrogen-bond donors (Lipinski definition) is 1. The molecule has 0 aliphatic heterocycles. The summed E-state index contributed by atoms with van der Waals surface area (Å²) in [5.41, 5.74) is 0.853. The largest absolute Gasteiger partial charge is 0.456 e. The molecule has 1 aliphatic carbocycles. The average Bonchev–Trinajstić information content (AvgIpc) is 3.37. The molecule has 7 nitrogen and oxygen atoms in total. The molecule has 2 aromatic heterocycles. The molecule has 7 heteroatoms. The Labute approximate surface area is 167 Å². The van der Waals surface area contributed by atoms with Gasteiger partial charge >= 0.3 is 0 Å². The highest BCUT2D eigenvalue weighted by molar-refractivity contribution is 6.30. The molecule has 2 heterocycles. The van der Waals surface area contributed by atoms with Gasteiger partial charge in [-0.2, -0.15) is 0 Å². The van der Waals surface area contributed by atoms with E-state index in [1.807, 2.05) is 24.6 Å². The van der Waals surface area contributed by atoms with Gasteiger partial charge in [0.2, 0.25) is 5.78 Å². The zero-order valence-corrected chi connectivity index (χ0v) is 16.3. The molecule has 0 saturated carbocycles. The molecule has 3 aromatic rings. The number of fused-ring (bicyclic) bond motifs is 2. The first-order valence-electron chi connectivity index (χ1n) is 9.58. The molecule has 1 aromatic carbocycles. The van der Waals surface area contributed by atoms with E-state index in [9.17, 15) is 14.4 Å². The summed E-state index contributed by atoms with van der Waals surface area (Å²) in [7, 11) is 0. The molecule has 0 atom stereocenters. The number of carbonyl (C=O) groups excluding carboxylic acids is 3. The first kappa shape index (κ1) is 18.9. The number of imidazole rings is 1. The van der Waals surface area contributed by atoms with Gasteiger partial charge < -0.3 is 14.3 Å². The maximum absolute atomic E-state index is 13.1. The maximum Gasteiger partial charge on any atom is 0.255 e. The van der Waals surface area contributed by atoms with Gasteiger partial charge in [-0.25, -0.2) is 4.98 Å². The van der Waals surface area contributed by atoms with Gasteiger partial charge in [-0.3, -0.25) is 14.4 Å².